The van der Waals surface area contributed by atoms with Crippen LogP contribution >= 0.6 is 23.2 Å². The molecule has 2 N–H and O–H groups in total. The lowest BCUT2D eigenvalue weighted by Gasteiger charge is -2.12. The number of hydrogen-bond acceptors (Lipinski definition) is 4. The molecule has 24 heavy (non-hydrogen) atoms. The van der Waals surface area contributed by atoms with Gasteiger partial charge >= 0.3 is 0 Å². The molecule has 5 nitrogen and oxygen atoms in total. The van der Waals surface area contributed by atoms with Crippen molar-refractivity contribution in [3.63, 3.8) is 0 Å². The second-order valence-corrected chi connectivity index (χ2v) is 5.73. The predicted octanol–water partition coefficient (Wildman–Crippen LogP) is 4.45. The van der Waals surface area contributed by atoms with E-state index in [4.69, 9.17) is 32.7 Å². The monoisotopic (exact) mass is 368 g/mol. The zero-order chi connectivity index (χ0) is 17.5. The van der Waals surface area contributed by atoms with Gasteiger partial charge in [-0.25, -0.2) is 0 Å². The molecule has 2 aromatic rings. The molecule has 0 heterocycles. The lowest BCUT2D eigenvalue weighted by atomic mass is 10.2. The molecule has 7 heteroatoms. The van der Waals surface area contributed by atoms with Crippen molar-refractivity contribution in [3.8, 4) is 11.5 Å². The fourth-order valence-corrected chi connectivity index (χ4v) is 2.34. The fourth-order valence-electron chi connectivity index (χ4n) is 2.04. The molecular formula is C17H18Cl2N2O3. The molecule has 0 bridgehead atoms. The molecule has 0 spiro atoms. The Labute approximate surface area is 150 Å². The number of hydrogen-bond donors (Lipinski definition) is 2. The minimum atomic E-state index is -0.133. The van der Waals surface area contributed by atoms with Gasteiger partial charge in [0.25, 0.3) is 0 Å². The van der Waals surface area contributed by atoms with Crippen LogP contribution in [0, 0.1) is 0 Å². The summed E-state index contributed by atoms with van der Waals surface area (Å²) >= 11 is 11.8. The van der Waals surface area contributed by atoms with Crippen LogP contribution in [0.3, 0.4) is 0 Å². The van der Waals surface area contributed by atoms with Crippen LogP contribution < -0.4 is 20.1 Å². The van der Waals surface area contributed by atoms with Crippen molar-refractivity contribution < 1.29 is 14.3 Å². The van der Waals surface area contributed by atoms with Gasteiger partial charge < -0.3 is 20.1 Å². The zero-order valence-electron chi connectivity index (χ0n) is 13.4. The number of benzene rings is 2. The van der Waals surface area contributed by atoms with Crippen molar-refractivity contribution in [2.45, 2.75) is 6.42 Å². The third-order valence-electron chi connectivity index (χ3n) is 3.28. The van der Waals surface area contributed by atoms with Crippen molar-refractivity contribution in [3.05, 3.63) is 46.4 Å². The average Bonchev–Trinajstić information content (AvgIpc) is 2.58. The van der Waals surface area contributed by atoms with Crippen LogP contribution in [0.1, 0.15) is 6.42 Å². The molecule has 0 atom stereocenters. The Balaban J connectivity index is 1.88. The standard InChI is InChI=1S/C17H18Cl2N2O3/c1-23-12-4-6-15(16(10-12)24-2)21-17(22)7-8-20-11-3-5-13(18)14(19)9-11/h3-6,9-10,20H,7-8H2,1-2H3,(H,21,22). The van der Waals surface area contributed by atoms with Gasteiger partial charge in [-0.3, -0.25) is 4.79 Å². The van der Waals surface area contributed by atoms with Crippen LogP contribution in [-0.4, -0.2) is 26.7 Å². The maximum absolute atomic E-state index is 12.1. The van der Waals surface area contributed by atoms with E-state index in [9.17, 15) is 4.79 Å². The first-order valence-corrected chi connectivity index (χ1v) is 8.00. The SMILES string of the molecule is COc1ccc(NC(=O)CCNc2ccc(Cl)c(Cl)c2)c(OC)c1. The maximum atomic E-state index is 12.1. The van der Waals surface area contributed by atoms with Gasteiger partial charge in [-0.15, -0.1) is 0 Å². The summed E-state index contributed by atoms with van der Waals surface area (Å²) in [5, 5.41) is 6.89. The van der Waals surface area contributed by atoms with Crippen molar-refractivity contribution >= 4 is 40.5 Å². The fraction of sp³-hybridized carbons (Fsp3) is 0.235. The summed E-state index contributed by atoms with van der Waals surface area (Å²) in [6, 6.07) is 10.4. The molecule has 0 aliphatic rings. The molecule has 0 radical (unpaired) electrons. The number of amides is 1. The Morgan fingerprint density at radius 1 is 1.04 bits per heavy atom. The van der Waals surface area contributed by atoms with Crippen LogP contribution in [0.2, 0.25) is 10.0 Å². The third-order valence-corrected chi connectivity index (χ3v) is 4.02. The highest BCUT2D eigenvalue weighted by molar-refractivity contribution is 6.42. The van der Waals surface area contributed by atoms with E-state index in [2.05, 4.69) is 10.6 Å². The highest BCUT2D eigenvalue weighted by atomic mass is 35.5. The van der Waals surface area contributed by atoms with Crippen molar-refractivity contribution in [2.24, 2.45) is 0 Å². The van der Waals surface area contributed by atoms with Crippen LogP contribution in [0.4, 0.5) is 11.4 Å². The largest absolute Gasteiger partial charge is 0.497 e. The number of rotatable bonds is 7. The number of nitrogens with one attached hydrogen (secondary N) is 2. The molecule has 2 rings (SSSR count). The van der Waals surface area contributed by atoms with E-state index in [0.29, 0.717) is 33.8 Å². The van der Waals surface area contributed by atoms with Crippen LogP contribution in [0.5, 0.6) is 11.5 Å². The number of anilines is 2. The maximum Gasteiger partial charge on any atom is 0.226 e. The van der Waals surface area contributed by atoms with E-state index in [1.54, 1.807) is 43.5 Å². The normalized spacial score (nSPS) is 10.2. The molecule has 0 saturated heterocycles. The van der Waals surface area contributed by atoms with Gasteiger partial charge in [-0.2, -0.15) is 0 Å². The van der Waals surface area contributed by atoms with Gasteiger partial charge in [0, 0.05) is 24.7 Å². The zero-order valence-corrected chi connectivity index (χ0v) is 14.9. The second kappa shape index (κ2) is 8.66. The number of carbonyl (C=O) groups is 1. The Morgan fingerprint density at radius 3 is 2.50 bits per heavy atom. The summed E-state index contributed by atoms with van der Waals surface area (Å²) in [5.74, 6) is 1.07. The molecule has 0 fully saturated rings. The Hall–Kier alpha value is -2.11. The second-order valence-electron chi connectivity index (χ2n) is 4.92. The van der Waals surface area contributed by atoms with Crippen molar-refractivity contribution in [1.82, 2.24) is 0 Å². The van der Waals surface area contributed by atoms with Gasteiger partial charge in [0.1, 0.15) is 11.5 Å². The molecule has 0 aliphatic heterocycles. The first-order valence-electron chi connectivity index (χ1n) is 7.24. The van der Waals surface area contributed by atoms with Crippen LogP contribution in [0.15, 0.2) is 36.4 Å². The Morgan fingerprint density at radius 2 is 1.83 bits per heavy atom. The first-order chi connectivity index (χ1) is 11.5. The highest BCUT2D eigenvalue weighted by Crippen LogP contribution is 2.29. The van der Waals surface area contributed by atoms with Crippen molar-refractivity contribution in [2.75, 3.05) is 31.4 Å². The lowest BCUT2D eigenvalue weighted by Crippen LogP contribution is -2.16. The van der Waals surface area contributed by atoms with E-state index in [1.165, 1.54) is 7.11 Å². The van der Waals surface area contributed by atoms with Crippen LogP contribution in [0.25, 0.3) is 0 Å². The quantitative estimate of drug-likeness (QED) is 0.757. The smallest absolute Gasteiger partial charge is 0.226 e. The summed E-state index contributed by atoms with van der Waals surface area (Å²) in [6.07, 6.45) is 0.287. The number of carbonyl (C=O) groups excluding carboxylic acids is 1. The predicted molar refractivity (Wildman–Crippen MR) is 97.7 cm³/mol. The van der Waals surface area contributed by atoms with E-state index >= 15 is 0 Å². The minimum Gasteiger partial charge on any atom is -0.497 e. The first kappa shape index (κ1) is 18.2. The highest BCUT2D eigenvalue weighted by Gasteiger charge is 2.09. The van der Waals surface area contributed by atoms with E-state index in [0.717, 1.165) is 5.69 Å². The summed E-state index contributed by atoms with van der Waals surface area (Å²) in [5.41, 5.74) is 1.40. The van der Waals surface area contributed by atoms with E-state index in [1.807, 2.05) is 0 Å². The van der Waals surface area contributed by atoms with Gasteiger partial charge in [0.2, 0.25) is 5.91 Å². The Bertz CT molecular complexity index is 723. The number of halogens is 2. The lowest BCUT2D eigenvalue weighted by molar-refractivity contribution is -0.116. The number of methoxy groups -OCH3 is 2. The molecule has 128 valence electrons. The molecule has 2 aromatic carbocycles. The summed E-state index contributed by atoms with van der Waals surface area (Å²) in [7, 11) is 3.11. The van der Waals surface area contributed by atoms with Gasteiger partial charge in [0.05, 0.1) is 30.0 Å². The van der Waals surface area contributed by atoms with E-state index in [-0.39, 0.29) is 12.3 Å². The average molecular weight is 369 g/mol. The van der Waals surface area contributed by atoms with Gasteiger partial charge in [-0.05, 0) is 30.3 Å². The van der Waals surface area contributed by atoms with E-state index < -0.39 is 0 Å². The molecule has 1 amide bonds. The van der Waals surface area contributed by atoms with Crippen molar-refractivity contribution in [1.29, 1.82) is 0 Å². The molecule has 0 unspecified atom stereocenters. The minimum absolute atomic E-state index is 0.133. The molecule has 0 aliphatic carbocycles. The molecule has 0 saturated carbocycles. The summed E-state index contributed by atoms with van der Waals surface area (Å²) in [6.45, 7) is 0.461. The molecule has 0 aromatic heterocycles. The van der Waals surface area contributed by atoms with Gasteiger partial charge in [-0.1, -0.05) is 23.2 Å². The molecular weight excluding hydrogens is 351 g/mol. The summed E-state index contributed by atoms with van der Waals surface area (Å²) in [4.78, 5) is 12.1. The van der Waals surface area contributed by atoms with Crippen LogP contribution in [-0.2, 0) is 4.79 Å². The Kier molecular flexibility index (Phi) is 6.58. The van der Waals surface area contributed by atoms with Gasteiger partial charge in [0.15, 0.2) is 0 Å². The summed E-state index contributed by atoms with van der Waals surface area (Å²) < 4.78 is 10.4. The third kappa shape index (κ3) is 4.94. The topological polar surface area (TPSA) is 59.6 Å². The number of ether oxygens (including phenoxy) is 2.